The van der Waals surface area contributed by atoms with Gasteiger partial charge in [0.05, 0.1) is 29.4 Å². The van der Waals surface area contributed by atoms with Crippen molar-refractivity contribution in [3.8, 4) is 22.6 Å². The lowest BCUT2D eigenvalue weighted by molar-refractivity contribution is -0.268. The van der Waals surface area contributed by atoms with E-state index in [4.69, 9.17) is 9.47 Å². The van der Waals surface area contributed by atoms with E-state index in [-0.39, 0.29) is 48.3 Å². The molecule has 1 aliphatic rings. The molecule has 5 atom stereocenters. The van der Waals surface area contributed by atoms with Crippen molar-refractivity contribution in [3.05, 3.63) is 185 Å². The zero-order valence-electron chi connectivity index (χ0n) is 35.2. The molecule has 0 radical (unpaired) electrons. The highest BCUT2D eigenvalue weighted by atomic mass is 32.2. The fraction of sp³-hybridized carbons (Fsp3) is 0.224. The monoisotopic (exact) mass is 896 g/mol. The van der Waals surface area contributed by atoms with E-state index >= 15 is 0 Å². The summed E-state index contributed by atoms with van der Waals surface area (Å²) in [7, 11) is -3.99. The number of benzene rings is 6. The number of hydrogen-bond donors (Lipinski definition) is 4. The van der Waals surface area contributed by atoms with E-state index in [1.807, 2.05) is 110 Å². The van der Waals surface area contributed by atoms with Crippen LogP contribution >= 0.6 is 11.8 Å². The van der Waals surface area contributed by atoms with Crippen LogP contribution in [0.3, 0.4) is 0 Å². The Balaban J connectivity index is 0.996. The van der Waals surface area contributed by atoms with E-state index in [1.54, 1.807) is 41.1 Å². The zero-order chi connectivity index (χ0) is 44.6. The number of carbonyl (C=O) groups is 1. The normalized spacial score (nSPS) is 18.0. The minimum absolute atomic E-state index is 0.0622. The van der Waals surface area contributed by atoms with Crippen molar-refractivity contribution in [2.75, 3.05) is 5.75 Å². The van der Waals surface area contributed by atoms with Crippen LogP contribution in [0, 0.1) is 12.8 Å². The quantitative estimate of drug-likeness (QED) is 0.0702. The van der Waals surface area contributed by atoms with Crippen LogP contribution in [0.1, 0.15) is 52.7 Å². The van der Waals surface area contributed by atoms with Crippen molar-refractivity contribution < 1.29 is 32.9 Å². The molecule has 64 heavy (non-hydrogen) atoms. The highest BCUT2D eigenvalue weighted by Crippen LogP contribution is 2.43. The summed E-state index contributed by atoms with van der Waals surface area (Å²) < 4.78 is 44.7. The van der Waals surface area contributed by atoms with Gasteiger partial charge in [0.25, 0.3) is 0 Å². The van der Waals surface area contributed by atoms with Crippen LogP contribution in [0.15, 0.2) is 162 Å². The second-order valence-corrected chi connectivity index (χ2v) is 18.4. The van der Waals surface area contributed by atoms with Crippen molar-refractivity contribution in [1.82, 2.24) is 30.2 Å². The van der Waals surface area contributed by atoms with E-state index in [1.165, 1.54) is 23.9 Å². The Hall–Kier alpha value is -6.20. The van der Waals surface area contributed by atoms with Crippen LogP contribution in [0.25, 0.3) is 16.8 Å². The molecular formula is C49H48N6O7S2. The molecule has 1 aromatic heterocycles. The molecule has 0 saturated carbocycles. The smallest absolute Gasteiger partial charge is 0.241 e. The second kappa shape index (κ2) is 20.1. The molecule has 8 rings (SSSR count). The summed E-state index contributed by atoms with van der Waals surface area (Å²) in [5.74, 6) is 0.130. The molecular weight excluding hydrogens is 849 g/mol. The number of rotatable bonds is 16. The van der Waals surface area contributed by atoms with E-state index in [9.17, 15) is 23.4 Å². The number of hydrogen-bond acceptors (Lipinski definition) is 11. The summed E-state index contributed by atoms with van der Waals surface area (Å²) in [5.41, 5.74) is 7.68. The fourth-order valence-corrected chi connectivity index (χ4v) is 9.79. The van der Waals surface area contributed by atoms with Crippen molar-refractivity contribution in [2.24, 2.45) is 5.92 Å². The van der Waals surface area contributed by atoms with Gasteiger partial charge in [0.15, 0.2) is 6.29 Å². The van der Waals surface area contributed by atoms with Crippen LogP contribution in [0.4, 0.5) is 0 Å². The number of phenols is 1. The number of carbonyl (C=O) groups excluding carboxylic acids is 1. The summed E-state index contributed by atoms with van der Waals surface area (Å²) in [6, 6.07) is 45.0. The number of tetrazole rings is 1. The molecule has 6 aromatic carbocycles. The summed E-state index contributed by atoms with van der Waals surface area (Å²) in [5, 5.41) is 35.4. The molecule has 2 heterocycles. The third-order valence-electron chi connectivity index (χ3n) is 11.1. The maximum Gasteiger partial charge on any atom is 0.241 e. The van der Waals surface area contributed by atoms with Gasteiger partial charge in [-0.25, -0.2) is 8.42 Å². The van der Waals surface area contributed by atoms with Crippen LogP contribution in [-0.4, -0.2) is 62.6 Å². The lowest BCUT2D eigenvalue weighted by Crippen LogP contribution is -2.47. The van der Waals surface area contributed by atoms with Crippen LogP contribution < -0.4 is 10.0 Å². The number of aliphatic hydroxyl groups excluding tert-OH is 1. The highest BCUT2D eigenvalue weighted by molar-refractivity contribution is 7.99. The minimum Gasteiger partial charge on any atom is -0.508 e. The SMILES string of the molecule is Cc1ccc(S(=O)(=O)NC(Cc2ccccc2)C(=O)NCc2cccc(-c3cccc(C4OC(CSc5nnnn5-c5ccc(O)cc5)C(C)C(c5ccc(CO)cc5)O4)c3)c2)cc1. The molecule has 0 aliphatic carbocycles. The Labute approximate surface area is 376 Å². The van der Waals surface area contributed by atoms with Gasteiger partial charge in [0.1, 0.15) is 11.8 Å². The van der Waals surface area contributed by atoms with Gasteiger partial charge >= 0.3 is 0 Å². The Morgan fingerprint density at radius 2 is 1.50 bits per heavy atom. The van der Waals surface area contributed by atoms with E-state index in [2.05, 4.69) is 32.5 Å². The van der Waals surface area contributed by atoms with E-state index in [0.717, 1.165) is 44.5 Å². The Bertz CT molecular complexity index is 2770. The van der Waals surface area contributed by atoms with Gasteiger partial charge in [0.2, 0.25) is 21.1 Å². The first-order valence-corrected chi connectivity index (χ1v) is 23.3. The molecule has 4 N–H and O–H groups in total. The van der Waals surface area contributed by atoms with Crippen LogP contribution in [0.2, 0.25) is 0 Å². The summed E-state index contributed by atoms with van der Waals surface area (Å²) in [6.45, 7) is 4.08. The van der Waals surface area contributed by atoms with Crippen molar-refractivity contribution in [3.63, 3.8) is 0 Å². The number of nitrogens with zero attached hydrogens (tertiary/aromatic N) is 4. The average molecular weight is 897 g/mol. The molecule has 0 spiro atoms. The number of phenolic OH excluding ortho intramolecular Hbond substituents is 1. The minimum atomic E-state index is -3.99. The lowest BCUT2D eigenvalue weighted by atomic mass is 9.91. The van der Waals surface area contributed by atoms with E-state index < -0.39 is 28.3 Å². The van der Waals surface area contributed by atoms with Gasteiger partial charge in [-0.1, -0.05) is 127 Å². The number of aryl methyl sites for hydroxylation is 1. The maximum absolute atomic E-state index is 13.8. The summed E-state index contributed by atoms with van der Waals surface area (Å²) in [4.78, 5) is 13.9. The van der Waals surface area contributed by atoms with Gasteiger partial charge in [0, 0.05) is 23.8 Å². The van der Waals surface area contributed by atoms with Crippen molar-refractivity contribution >= 4 is 27.7 Å². The average Bonchev–Trinajstić information content (AvgIpc) is 3.80. The molecule has 1 saturated heterocycles. The van der Waals surface area contributed by atoms with Gasteiger partial charge in [-0.15, -0.1) is 5.10 Å². The molecule has 1 aliphatic heterocycles. The first kappa shape index (κ1) is 44.4. The molecule has 5 unspecified atom stereocenters. The van der Waals surface area contributed by atoms with Crippen LogP contribution in [-0.2, 0) is 43.9 Å². The summed E-state index contributed by atoms with van der Waals surface area (Å²) >= 11 is 1.46. The van der Waals surface area contributed by atoms with Crippen LogP contribution in [0.5, 0.6) is 5.75 Å². The van der Waals surface area contributed by atoms with Gasteiger partial charge in [-0.05, 0) is 106 Å². The standard InChI is InChI=1S/C49H48N6O7S2/c1-32-14-24-43(25-15-32)64(59,60)52-44(27-34-8-4-3-5-9-34)47(58)50-29-36-10-6-11-38(26-36)39-12-7-13-40(28-39)48-61-45(33(2)46(62-48)37-18-16-35(30-56)17-19-37)31-63-49-51-53-54-55(49)41-20-22-42(57)23-21-41/h3-26,28,33,44-46,48,52,56-57H,27,29-31H2,1-2H3,(H,50,58). The maximum atomic E-state index is 13.8. The van der Waals surface area contributed by atoms with Gasteiger partial charge in [-0.2, -0.15) is 9.40 Å². The number of aromatic nitrogens is 4. The molecule has 1 amide bonds. The molecule has 15 heteroatoms. The number of aliphatic hydroxyl groups is 1. The molecule has 7 aromatic rings. The largest absolute Gasteiger partial charge is 0.508 e. The van der Waals surface area contributed by atoms with Gasteiger partial charge in [-0.3, -0.25) is 4.79 Å². The molecule has 13 nitrogen and oxygen atoms in total. The first-order chi connectivity index (χ1) is 31.0. The number of thioether (sulfide) groups is 1. The molecule has 1 fully saturated rings. The number of aromatic hydroxyl groups is 1. The fourth-order valence-electron chi connectivity index (χ4n) is 7.54. The Kier molecular flexibility index (Phi) is 13.9. The second-order valence-electron chi connectivity index (χ2n) is 15.7. The number of amides is 1. The topological polar surface area (TPSA) is 178 Å². The third-order valence-corrected chi connectivity index (χ3v) is 13.6. The summed E-state index contributed by atoms with van der Waals surface area (Å²) in [6.07, 6.45) is -1.20. The Morgan fingerprint density at radius 1 is 0.797 bits per heavy atom. The highest BCUT2D eigenvalue weighted by Gasteiger charge is 2.39. The number of nitrogens with one attached hydrogen (secondary N) is 2. The third kappa shape index (κ3) is 10.8. The first-order valence-electron chi connectivity index (χ1n) is 20.8. The lowest BCUT2D eigenvalue weighted by Gasteiger charge is -2.41. The predicted octanol–water partition coefficient (Wildman–Crippen LogP) is 7.63. The molecule has 0 bridgehead atoms. The number of ether oxygens (including phenoxy) is 2. The van der Waals surface area contributed by atoms with Crippen molar-refractivity contribution in [1.29, 1.82) is 0 Å². The molecule has 328 valence electrons. The zero-order valence-corrected chi connectivity index (χ0v) is 36.8. The predicted molar refractivity (Wildman–Crippen MR) is 244 cm³/mol. The van der Waals surface area contributed by atoms with Crippen molar-refractivity contribution in [2.45, 2.75) is 68.0 Å². The number of sulfonamides is 1. The van der Waals surface area contributed by atoms with Gasteiger partial charge < -0.3 is 25.0 Å². The van der Waals surface area contributed by atoms with E-state index in [0.29, 0.717) is 16.6 Å². The Morgan fingerprint density at radius 3 is 2.23 bits per heavy atom.